The van der Waals surface area contributed by atoms with Gasteiger partial charge in [0.2, 0.25) is 15.2 Å². The smallest absolute Gasteiger partial charge is 0.257 e. The van der Waals surface area contributed by atoms with Crippen LogP contribution in [0.5, 0.6) is 0 Å². The largest absolute Gasteiger partial charge is 0.296 e. The molecule has 0 bridgehead atoms. The number of benzene rings is 1. The average Bonchev–Trinajstić information content (AvgIpc) is 3.12. The van der Waals surface area contributed by atoms with Crippen LogP contribution in [0.3, 0.4) is 0 Å². The number of carbonyl (C=O) groups excluding carboxylic acids is 1. The SMILES string of the molecule is Cc1nnc(NC(=O)c2cccc(S(=O)(=O)N[C@H]3CCS(=O)(=O)C3)c2)s1. The Morgan fingerprint density at radius 3 is 2.69 bits per heavy atom. The first-order chi connectivity index (χ1) is 12.1. The minimum Gasteiger partial charge on any atom is -0.296 e. The van der Waals surface area contributed by atoms with Crippen molar-refractivity contribution in [3.63, 3.8) is 0 Å². The molecule has 3 rings (SSSR count). The monoisotopic (exact) mass is 416 g/mol. The fourth-order valence-corrected chi connectivity index (χ4v) is 6.18. The maximum absolute atomic E-state index is 12.5. The molecule has 1 fully saturated rings. The van der Waals surface area contributed by atoms with Crippen LogP contribution < -0.4 is 10.0 Å². The van der Waals surface area contributed by atoms with E-state index in [0.29, 0.717) is 10.1 Å². The zero-order valence-electron chi connectivity index (χ0n) is 13.7. The zero-order chi connectivity index (χ0) is 18.9. The van der Waals surface area contributed by atoms with Crippen LogP contribution >= 0.6 is 11.3 Å². The van der Waals surface area contributed by atoms with E-state index in [-0.39, 0.29) is 28.4 Å². The van der Waals surface area contributed by atoms with Crippen molar-refractivity contribution >= 4 is 42.2 Å². The van der Waals surface area contributed by atoms with Gasteiger partial charge in [0.15, 0.2) is 9.84 Å². The lowest BCUT2D eigenvalue weighted by atomic mass is 10.2. The quantitative estimate of drug-likeness (QED) is 0.727. The summed E-state index contributed by atoms with van der Waals surface area (Å²) < 4.78 is 50.3. The van der Waals surface area contributed by atoms with Gasteiger partial charge in [0.05, 0.1) is 16.4 Å². The van der Waals surface area contributed by atoms with Gasteiger partial charge in [0, 0.05) is 11.6 Å². The number of hydrogen-bond donors (Lipinski definition) is 2. The number of rotatable bonds is 5. The lowest BCUT2D eigenvalue weighted by molar-refractivity contribution is 0.102. The number of anilines is 1. The second kappa shape index (κ2) is 7.02. The molecule has 12 heteroatoms. The standard InChI is InChI=1S/C14H16N4O5S3/c1-9-16-17-14(24-9)15-13(19)10-3-2-4-12(7-10)26(22,23)18-11-5-6-25(20,21)8-11/h2-4,7,11,18H,5-6,8H2,1H3,(H,15,17,19)/t11-/m0/s1. The predicted octanol–water partition coefficient (Wildman–Crippen LogP) is 0.564. The van der Waals surface area contributed by atoms with Gasteiger partial charge in [-0.05, 0) is 31.5 Å². The Bertz CT molecular complexity index is 1050. The van der Waals surface area contributed by atoms with Gasteiger partial charge in [-0.1, -0.05) is 17.4 Å². The van der Waals surface area contributed by atoms with Gasteiger partial charge < -0.3 is 0 Å². The van der Waals surface area contributed by atoms with Crippen LogP contribution in [0.1, 0.15) is 21.8 Å². The Labute approximate surface area is 154 Å². The third-order valence-electron chi connectivity index (χ3n) is 3.71. The van der Waals surface area contributed by atoms with E-state index in [1.165, 1.54) is 35.6 Å². The van der Waals surface area contributed by atoms with Crippen molar-refractivity contribution < 1.29 is 21.6 Å². The third-order valence-corrected chi connectivity index (χ3v) is 7.75. The second-order valence-electron chi connectivity index (χ2n) is 5.83. The highest BCUT2D eigenvalue weighted by atomic mass is 32.2. The molecule has 1 aliphatic heterocycles. The molecule has 1 atom stereocenters. The van der Waals surface area contributed by atoms with Crippen molar-refractivity contribution in [3.05, 3.63) is 34.8 Å². The summed E-state index contributed by atoms with van der Waals surface area (Å²) in [6.07, 6.45) is 0.234. The second-order valence-corrected chi connectivity index (χ2v) is 11.0. The van der Waals surface area contributed by atoms with Gasteiger partial charge >= 0.3 is 0 Å². The normalized spacial score (nSPS) is 19.3. The topological polar surface area (TPSA) is 135 Å². The van der Waals surface area contributed by atoms with Crippen LogP contribution in [-0.2, 0) is 19.9 Å². The fraction of sp³-hybridized carbons (Fsp3) is 0.357. The van der Waals surface area contributed by atoms with Crippen molar-refractivity contribution in [2.45, 2.75) is 24.3 Å². The Hall–Kier alpha value is -1.89. The van der Waals surface area contributed by atoms with E-state index < -0.39 is 31.8 Å². The van der Waals surface area contributed by atoms with Gasteiger partial charge in [0.25, 0.3) is 5.91 Å². The van der Waals surface area contributed by atoms with E-state index in [4.69, 9.17) is 0 Å². The number of nitrogens with zero attached hydrogens (tertiary/aromatic N) is 2. The molecule has 0 spiro atoms. The van der Waals surface area contributed by atoms with Gasteiger partial charge in [0.1, 0.15) is 5.01 Å². The van der Waals surface area contributed by atoms with Crippen LogP contribution in [0.25, 0.3) is 0 Å². The number of sulfonamides is 1. The summed E-state index contributed by atoms with van der Waals surface area (Å²) in [4.78, 5) is 12.2. The molecule has 2 aromatic rings. The Morgan fingerprint density at radius 2 is 2.08 bits per heavy atom. The number of aryl methyl sites for hydroxylation is 1. The summed E-state index contributed by atoms with van der Waals surface area (Å²) in [6.45, 7) is 1.75. The van der Waals surface area contributed by atoms with Crippen LogP contribution in [-0.4, -0.2) is 50.5 Å². The van der Waals surface area contributed by atoms with Gasteiger partial charge in [-0.25, -0.2) is 21.6 Å². The van der Waals surface area contributed by atoms with Crippen molar-refractivity contribution in [2.75, 3.05) is 16.8 Å². The highest BCUT2D eigenvalue weighted by molar-refractivity contribution is 7.92. The molecule has 1 amide bonds. The Kier molecular flexibility index (Phi) is 5.10. The van der Waals surface area contributed by atoms with Gasteiger partial charge in [-0.2, -0.15) is 0 Å². The maximum Gasteiger partial charge on any atom is 0.257 e. The highest BCUT2D eigenvalue weighted by Gasteiger charge is 2.31. The molecule has 26 heavy (non-hydrogen) atoms. The molecule has 0 unspecified atom stereocenters. The van der Waals surface area contributed by atoms with E-state index in [2.05, 4.69) is 20.2 Å². The molecule has 1 aromatic carbocycles. The molecular weight excluding hydrogens is 400 g/mol. The molecular formula is C14H16N4O5S3. The Balaban J connectivity index is 1.76. The molecule has 1 saturated heterocycles. The third kappa shape index (κ3) is 4.44. The lowest BCUT2D eigenvalue weighted by Crippen LogP contribution is -2.35. The number of nitrogens with one attached hydrogen (secondary N) is 2. The molecule has 0 radical (unpaired) electrons. The summed E-state index contributed by atoms with van der Waals surface area (Å²) in [5.41, 5.74) is 0.139. The number of sulfone groups is 1. The lowest BCUT2D eigenvalue weighted by Gasteiger charge is -2.12. The van der Waals surface area contributed by atoms with Crippen LogP contribution in [0.15, 0.2) is 29.2 Å². The number of amides is 1. The molecule has 2 N–H and O–H groups in total. The van der Waals surface area contributed by atoms with Crippen molar-refractivity contribution in [1.82, 2.24) is 14.9 Å². The number of carbonyl (C=O) groups is 1. The van der Waals surface area contributed by atoms with Crippen molar-refractivity contribution in [3.8, 4) is 0 Å². The van der Waals surface area contributed by atoms with Crippen molar-refractivity contribution in [2.24, 2.45) is 0 Å². The van der Waals surface area contributed by atoms with Gasteiger partial charge in [-0.3, -0.25) is 10.1 Å². The predicted molar refractivity (Wildman–Crippen MR) is 96.4 cm³/mol. The first kappa shape index (κ1) is 18.9. The average molecular weight is 417 g/mol. The zero-order valence-corrected chi connectivity index (χ0v) is 16.1. The van der Waals surface area contributed by atoms with Gasteiger partial charge in [-0.15, -0.1) is 10.2 Å². The molecule has 0 aliphatic carbocycles. The molecule has 9 nitrogen and oxygen atoms in total. The summed E-state index contributed by atoms with van der Waals surface area (Å²) >= 11 is 1.20. The van der Waals surface area contributed by atoms with E-state index >= 15 is 0 Å². The van der Waals surface area contributed by atoms with Crippen LogP contribution in [0.4, 0.5) is 5.13 Å². The van der Waals surface area contributed by atoms with E-state index in [1.807, 2.05) is 0 Å². The highest BCUT2D eigenvalue weighted by Crippen LogP contribution is 2.19. The van der Waals surface area contributed by atoms with E-state index in [0.717, 1.165) is 0 Å². The molecule has 2 heterocycles. The summed E-state index contributed by atoms with van der Waals surface area (Å²) in [7, 11) is -7.15. The number of aromatic nitrogens is 2. The fourth-order valence-electron chi connectivity index (χ4n) is 2.50. The van der Waals surface area contributed by atoms with E-state index in [9.17, 15) is 21.6 Å². The maximum atomic E-state index is 12.5. The minimum atomic E-state index is -3.94. The first-order valence-electron chi connectivity index (χ1n) is 7.59. The molecule has 0 saturated carbocycles. The molecule has 1 aliphatic rings. The van der Waals surface area contributed by atoms with Crippen LogP contribution in [0.2, 0.25) is 0 Å². The molecule has 1 aromatic heterocycles. The Morgan fingerprint density at radius 1 is 1.31 bits per heavy atom. The molecule has 140 valence electrons. The van der Waals surface area contributed by atoms with E-state index in [1.54, 1.807) is 6.92 Å². The van der Waals surface area contributed by atoms with Crippen molar-refractivity contribution in [1.29, 1.82) is 0 Å². The minimum absolute atomic E-state index is 0.0378. The summed E-state index contributed by atoms with van der Waals surface area (Å²) in [6, 6.07) is 4.83. The van der Waals surface area contributed by atoms with Crippen LogP contribution in [0, 0.1) is 6.92 Å². The number of hydrogen-bond acceptors (Lipinski definition) is 8. The first-order valence-corrected chi connectivity index (χ1v) is 11.7. The summed E-state index contributed by atoms with van der Waals surface area (Å²) in [5, 5.41) is 11.1. The summed E-state index contributed by atoms with van der Waals surface area (Å²) in [5.74, 6) is -0.770.